The standard InChI is InChI=1S/C8H14O.C3H4/c1-2-7-9-8(4-1)5-3-6-8;1-3-2/h1-7H2;1H,2H3. The second-order valence-corrected chi connectivity index (χ2v) is 3.63. The highest BCUT2D eigenvalue weighted by Crippen LogP contribution is 2.41. The SMILES string of the molecule is C#CC.C1CCC2(CCC2)OC1. The molecule has 2 aliphatic rings. The molecule has 1 spiro atoms. The smallest absolute Gasteiger partial charge is 0.0682 e. The molecule has 1 saturated heterocycles. The Kier molecular flexibility index (Phi) is 3.62. The molecule has 0 aromatic heterocycles. The maximum Gasteiger partial charge on any atom is 0.0682 e. The average molecular weight is 166 g/mol. The van der Waals surface area contributed by atoms with Crippen LogP contribution in [0.15, 0.2) is 0 Å². The molecule has 0 aromatic rings. The van der Waals surface area contributed by atoms with Crippen molar-refractivity contribution in [3.63, 3.8) is 0 Å². The Balaban J connectivity index is 0.000000213. The van der Waals surface area contributed by atoms with E-state index in [0.717, 1.165) is 6.61 Å². The zero-order valence-corrected chi connectivity index (χ0v) is 7.94. The highest BCUT2D eigenvalue weighted by atomic mass is 16.5. The number of ether oxygens (including phenoxy) is 1. The van der Waals surface area contributed by atoms with Gasteiger partial charge in [0.1, 0.15) is 0 Å². The number of hydrogen-bond acceptors (Lipinski definition) is 1. The number of rotatable bonds is 0. The summed E-state index contributed by atoms with van der Waals surface area (Å²) < 4.78 is 5.70. The van der Waals surface area contributed by atoms with E-state index in [2.05, 4.69) is 12.3 Å². The van der Waals surface area contributed by atoms with Crippen molar-refractivity contribution >= 4 is 0 Å². The van der Waals surface area contributed by atoms with Gasteiger partial charge in [0.05, 0.1) is 5.60 Å². The Hall–Kier alpha value is -0.480. The van der Waals surface area contributed by atoms with Gasteiger partial charge in [-0.1, -0.05) is 0 Å². The molecular formula is C11H18O. The first-order valence-electron chi connectivity index (χ1n) is 4.84. The van der Waals surface area contributed by atoms with Gasteiger partial charge in [-0.2, -0.15) is 0 Å². The second-order valence-electron chi connectivity index (χ2n) is 3.63. The van der Waals surface area contributed by atoms with E-state index < -0.39 is 0 Å². The van der Waals surface area contributed by atoms with E-state index in [1.54, 1.807) is 6.92 Å². The van der Waals surface area contributed by atoms with Crippen molar-refractivity contribution in [2.75, 3.05) is 6.61 Å². The lowest BCUT2D eigenvalue weighted by Gasteiger charge is -2.44. The molecule has 1 aliphatic carbocycles. The van der Waals surface area contributed by atoms with Gasteiger partial charge in [-0.15, -0.1) is 12.3 Å². The van der Waals surface area contributed by atoms with Crippen LogP contribution in [0.5, 0.6) is 0 Å². The van der Waals surface area contributed by atoms with Gasteiger partial charge >= 0.3 is 0 Å². The molecule has 0 bridgehead atoms. The van der Waals surface area contributed by atoms with E-state index in [0.29, 0.717) is 5.60 Å². The lowest BCUT2D eigenvalue weighted by Crippen LogP contribution is -2.42. The third kappa shape index (κ3) is 2.25. The van der Waals surface area contributed by atoms with Crippen LogP contribution in [0.2, 0.25) is 0 Å². The summed E-state index contributed by atoms with van der Waals surface area (Å²) >= 11 is 0. The van der Waals surface area contributed by atoms with Gasteiger partial charge in [0, 0.05) is 6.61 Å². The fourth-order valence-corrected chi connectivity index (χ4v) is 1.88. The predicted molar refractivity (Wildman–Crippen MR) is 50.9 cm³/mol. The Bertz CT molecular complexity index is 154. The molecule has 0 N–H and O–H groups in total. The van der Waals surface area contributed by atoms with Gasteiger partial charge < -0.3 is 4.74 Å². The maximum atomic E-state index is 5.70. The quantitative estimate of drug-likeness (QED) is 0.503. The first kappa shape index (κ1) is 9.61. The molecule has 1 aliphatic heterocycles. The van der Waals surface area contributed by atoms with E-state index in [4.69, 9.17) is 4.74 Å². The minimum absolute atomic E-state index is 0.401. The summed E-state index contributed by atoms with van der Waals surface area (Å²) in [7, 11) is 0. The lowest BCUT2D eigenvalue weighted by molar-refractivity contribution is -0.127. The molecule has 0 unspecified atom stereocenters. The van der Waals surface area contributed by atoms with Crippen LogP contribution in [-0.2, 0) is 4.74 Å². The van der Waals surface area contributed by atoms with Crippen LogP contribution in [0.1, 0.15) is 45.4 Å². The van der Waals surface area contributed by atoms with Crippen molar-refractivity contribution in [2.45, 2.75) is 51.0 Å². The van der Waals surface area contributed by atoms with Gasteiger partial charge in [-0.05, 0) is 45.4 Å². The first-order valence-corrected chi connectivity index (χ1v) is 4.84. The van der Waals surface area contributed by atoms with Crippen LogP contribution >= 0.6 is 0 Å². The van der Waals surface area contributed by atoms with Gasteiger partial charge in [0.15, 0.2) is 0 Å². The Labute approximate surface area is 75.5 Å². The molecular weight excluding hydrogens is 148 g/mol. The van der Waals surface area contributed by atoms with E-state index in [9.17, 15) is 0 Å². The van der Waals surface area contributed by atoms with E-state index in [-0.39, 0.29) is 0 Å². The minimum Gasteiger partial charge on any atom is -0.375 e. The fraction of sp³-hybridized carbons (Fsp3) is 0.818. The highest BCUT2D eigenvalue weighted by Gasteiger charge is 2.38. The van der Waals surface area contributed by atoms with Crippen LogP contribution < -0.4 is 0 Å². The zero-order chi connectivity index (χ0) is 8.86. The van der Waals surface area contributed by atoms with Crippen molar-refractivity contribution in [3.05, 3.63) is 0 Å². The molecule has 68 valence electrons. The normalized spacial score (nSPS) is 24.7. The van der Waals surface area contributed by atoms with Gasteiger partial charge in [0.25, 0.3) is 0 Å². The Morgan fingerprint density at radius 3 is 2.00 bits per heavy atom. The maximum absolute atomic E-state index is 5.70. The molecule has 0 atom stereocenters. The zero-order valence-electron chi connectivity index (χ0n) is 7.94. The van der Waals surface area contributed by atoms with Crippen LogP contribution in [0.3, 0.4) is 0 Å². The summed E-state index contributed by atoms with van der Waals surface area (Å²) in [6.45, 7) is 2.68. The molecule has 0 radical (unpaired) electrons. The Morgan fingerprint density at radius 1 is 1.17 bits per heavy atom. The van der Waals surface area contributed by atoms with Gasteiger partial charge in [-0.25, -0.2) is 0 Å². The topological polar surface area (TPSA) is 9.23 Å². The minimum atomic E-state index is 0.401. The average Bonchev–Trinajstić information content (AvgIpc) is 2.05. The fourth-order valence-electron chi connectivity index (χ4n) is 1.88. The third-order valence-corrected chi connectivity index (χ3v) is 2.70. The summed E-state index contributed by atoms with van der Waals surface area (Å²) in [6.07, 6.45) is 12.7. The predicted octanol–water partition coefficient (Wildman–Crippen LogP) is 2.75. The van der Waals surface area contributed by atoms with Gasteiger partial charge in [-0.3, -0.25) is 0 Å². The molecule has 1 heteroatoms. The summed E-state index contributed by atoms with van der Waals surface area (Å²) in [5.74, 6) is 2.25. The second kappa shape index (κ2) is 4.52. The molecule has 1 saturated carbocycles. The summed E-state index contributed by atoms with van der Waals surface area (Å²) in [5.41, 5.74) is 0.401. The third-order valence-electron chi connectivity index (χ3n) is 2.70. The van der Waals surface area contributed by atoms with Crippen LogP contribution in [-0.4, -0.2) is 12.2 Å². The molecule has 2 rings (SSSR count). The van der Waals surface area contributed by atoms with Crippen molar-refractivity contribution in [3.8, 4) is 12.3 Å². The van der Waals surface area contributed by atoms with E-state index in [1.807, 2.05) is 0 Å². The first-order chi connectivity index (χ1) is 5.83. The van der Waals surface area contributed by atoms with Crippen LogP contribution in [0, 0.1) is 12.3 Å². The van der Waals surface area contributed by atoms with Crippen LogP contribution in [0.4, 0.5) is 0 Å². The Morgan fingerprint density at radius 2 is 1.75 bits per heavy atom. The lowest BCUT2D eigenvalue weighted by atomic mass is 9.75. The van der Waals surface area contributed by atoms with Crippen LogP contribution in [0.25, 0.3) is 0 Å². The monoisotopic (exact) mass is 166 g/mol. The van der Waals surface area contributed by atoms with Gasteiger partial charge in [0.2, 0.25) is 0 Å². The van der Waals surface area contributed by atoms with Crippen molar-refractivity contribution in [2.24, 2.45) is 0 Å². The molecule has 12 heavy (non-hydrogen) atoms. The molecule has 2 fully saturated rings. The molecule has 1 heterocycles. The molecule has 0 aromatic carbocycles. The van der Waals surface area contributed by atoms with Crippen molar-refractivity contribution in [1.29, 1.82) is 0 Å². The summed E-state index contributed by atoms with van der Waals surface area (Å²) in [6, 6.07) is 0. The summed E-state index contributed by atoms with van der Waals surface area (Å²) in [5, 5.41) is 0. The van der Waals surface area contributed by atoms with Crippen molar-refractivity contribution < 1.29 is 4.74 Å². The summed E-state index contributed by atoms with van der Waals surface area (Å²) in [4.78, 5) is 0. The number of hydrogen-bond donors (Lipinski definition) is 0. The molecule has 1 nitrogen and oxygen atoms in total. The molecule has 0 amide bonds. The van der Waals surface area contributed by atoms with E-state index in [1.165, 1.54) is 38.5 Å². The van der Waals surface area contributed by atoms with Crippen molar-refractivity contribution in [1.82, 2.24) is 0 Å². The largest absolute Gasteiger partial charge is 0.375 e. The number of terminal acetylenes is 1. The highest BCUT2D eigenvalue weighted by molar-refractivity contribution is 4.91. The van der Waals surface area contributed by atoms with E-state index >= 15 is 0 Å².